The predicted octanol–water partition coefficient (Wildman–Crippen LogP) is 4.47. The molecule has 1 aromatic heterocycles. The maximum atomic E-state index is 13.3. The first kappa shape index (κ1) is 20.6. The molecule has 3 aromatic rings. The molecule has 0 aliphatic heterocycles. The molecule has 0 atom stereocenters. The zero-order valence-corrected chi connectivity index (χ0v) is 17.8. The minimum Gasteiger partial charge on any atom is -0.482 e. The fourth-order valence-corrected chi connectivity index (χ4v) is 3.63. The van der Waals surface area contributed by atoms with Crippen molar-refractivity contribution in [3.63, 3.8) is 0 Å². The summed E-state index contributed by atoms with van der Waals surface area (Å²) in [4.78, 5) is 13.3. The van der Waals surface area contributed by atoms with Gasteiger partial charge in [0.1, 0.15) is 6.61 Å². The molecule has 0 saturated heterocycles. The van der Waals surface area contributed by atoms with E-state index in [2.05, 4.69) is 38.0 Å². The molecule has 0 fully saturated rings. The monoisotopic (exact) mass is 392 g/mol. The SMILES string of the molecule is CCc1cc(C)cc(CC)c1-c1c(OCc2ccccc2)c(OC)nn(C)c1=O. The number of aromatic nitrogens is 2. The van der Waals surface area contributed by atoms with Crippen molar-refractivity contribution in [2.24, 2.45) is 7.05 Å². The van der Waals surface area contributed by atoms with Crippen molar-refractivity contribution in [3.8, 4) is 22.8 Å². The first-order chi connectivity index (χ1) is 14.0. The Balaban J connectivity index is 2.26. The molecule has 0 saturated carbocycles. The van der Waals surface area contributed by atoms with Crippen molar-refractivity contribution in [2.45, 2.75) is 40.2 Å². The second kappa shape index (κ2) is 8.95. The summed E-state index contributed by atoms with van der Waals surface area (Å²) in [5, 5.41) is 4.28. The van der Waals surface area contributed by atoms with Crippen LogP contribution in [-0.2, 0) is 26.5 Å². The van der Waals surface area contributed by atoms with Crippen LogP contribution in [0.3, 0.4) is 0 Å². The highest BCUT2D eigenvalue weighted by molar-refractivity contribution is 5.78. The van der Waals surface area contributed by atoms with Crippen molar-refractivity contribution in [3.05, 3.63) is 75.1 Å². The normalized spacial score (nSPS) is 10.8. The van der Waals surface area contributed by atoms with Crippen LogP contribution in [0, 0.1) is 6.92 Å². The van der Waals surface area contributed by atoms with Gasteiger partial charge in [0.2, 0.25) is 0 Å². The van der Waals surface area contributed by atoms with E-state index >= 15 is 0 Å². The first-order valence-electron chi connectivity index (χ1n) is 9.94. The number of nitrogens with zero attached hydrogens (tertiary/aromatic N) is 2. The third-order valence-electron chi connectivity index (χ3n) is 5.05. The molecular weight excluding hydrogens is 364 g/mol. The number of benzene rings is 2. The van der Waals surface area contributed by atoms with E-state index < -0.39 is 0 Å². The molecule has 0 spiro atoms. The number of ether oxygens (including phenoxy) is 2. The summed E-state index contributed by atoms with van der Waals surface area (Å²) < 4.78 is 13.0. The van der Waals surface area contributed by atoms with E-state index in [9.17, 15) is 4.79 Å². The van der Waals surface area contributed by atoms with Crippen molar-refractivity contribution in [1.82, 2.24) is 9.78 Å². The highest BCUT2D eigenvalue weighted by Gasteiger charge is 2.24. The lowest BCUT2D eigenvalue weighted by Gasteiger charge is -2.20. The first-order valence-corrected chi connectivity index (χ1v) is 9.94. The van der Waals surface area contributed by atoms with E-state index in [0.717, 1.165) is 35.1 Å². The van der Waals surface area contributed by atoms with Crippen LogP contribution in [-0.4, -0.2) is 16.9 Å². The maximum absolute atomic E-state index is 13.3. The third-order valence-corrected chi connectivity index (χ3v) is 5.05. The van der Waals surface area contributed by atoms with Crippen molar-refractivity contribution in [2.75, 3.05) is 7.11 Å². The second-order valence-corrected chi connectivity index (χ2v) is 7.08. The fraction of sp³-hybridized carbons (Fsp3) is 0.333. The quantitative estimate of drug-likeness (QED) is 0.595. The van der Waals surface area contributed by atoms with E-state index in [1.165, 1.54) is 10.2 Å². The molecule has 0 radical (unpaired) electrons. The second-order valence-electron chi connectivity index (χ2n) is 7.08. The molecular formula is C24H28N2O3. The van der Waals surface area contributed by atoms with Gasteiger partial charge in [-0.25, -0.2) is 4.68 Å². The molecule has 1 heterocycles. The van der Waals surface area contributed by atoms with E-state index in [1.54, 1.807) is 14.2 Å². The Morgan fingerprint density at radius 1 is 1.00 bits per heavy atom. The molecule has 0 amide bonds. The van der Waals surface area contributed by atoms with Crippen molar-refractivity contribution < 1.29 is 9.47 Å². The third kappa shape index (κ3) is 4.19. The van der Waals surface area contributed by atoms with E-state index in [-0.39, 0.29) is 5.56 Å². The Labute approximate surface area is 171 Å². The Morgan fingerprint density at radius 3 is 2.17 bits per heavy atom. The molecule has 0 bridgehead atoms. The largest absolute Gasteiger partial charge is 0.482 e. The molecule has 0 unspecified atom stereocenters. The number of rotatable bonds is 7. The average molecular weight is 392 g/mol. The summed E-state index contributed by atoms with van der Waals surface area (Å²) in [5.41, 5.74) is 5.70. The van der Waals surface area contributed by atoms with Crippen molar-refractivity contribution in [1.29, 1.82) is 0 Å². The average Bonchev–Trinajstić information content (AvgIpc) is 2.74. The fourth-order valence-electron chi connectivity index (χ4n) is 3.63. The minimum absolute atomic E-state index is 0.192. The standard InChI is InChI=1S/C24H28N2O3/c1-6-18-13-16(3)14-19(7-2)20(18)21-22(23(28-5)25-26(4)24(21)27)29-15-17-11-9-8-10-12-17/h8-14H,6-7,15H2,1-5H3. The van der Waals surface area contributed by atoms with E-state index in [1.807, 2.05) is 30.3 Å². The summed E-state index contributed by atoms with van der Waals surface area (Å²) in [6.45, 7) is 6.62. The number of hydrogen-bond acceptors (Lipinski definition) is 4. The van der Waals surface area contributed by atoms with Crippen LogP contribution in [0.4, 0.5) is 0 Å². The van der Waals surface area contributed by atoms with Gasteiger partial charge >= 0.3 is 0 Å². The van der Waals surface area contributed by atoms with Gasteiger partial charge in [-0.3, -0.25) is 4.79 Å². The lowest BCUT2D eigenvalue weighted by Crippen LogP contribution is -2.24. The van der Waals surface area contributed by atoms with Gasteiger partial charge in [0.25, 0.3) is 11.4 Å². The van der Waals surface area contributed by atoms with E-state index in [0.29, 0.717) is 23.8 Å². The zero-order chi connectivity index (χ0) is 21.0. The lowest BCUT2D eigenvalue weighted by atomic mass is 9.90. The van der Waals surface area contributed by atoms with Gasteiger partial charge in [0.15, 0.2) is 5.75 Å². The lowest BCUT2D eigenvalue weighted by molar-refractivity contribution is 0.274. The van der Waals surface area contributed by atoms with Crippen LogP contribution in [0.15, 0.2) is 47.3 Å². The van der Waals surface area contributed by atoms with Crippen LogP contribution >= 0.6 is 0 Å². The minimum atomic E-state index is -0.192. The van der Waals surface area contributed by atoms with Gasteiger partial charge in [-0.05, 0) is 42.0 Å². The number of methoxy groups -OCH3 is 1. The van der Waals surface area contributed by atoms with Gasteiger partial charge < -0.3 is 9.47 Å². The molecule has 0 N–H and O–H groups in total. The number of hydrogen-bond donors (Lipinski definition) is 0. The van der Waals surface area contributed by atoms with Crippen LogP contribution in [0.2, 0.25) is 0 Å². The van der Waals surface area contributed by atoms with Crippen molar-refractivity contribution >= 4 is 0 Å². The highest BCUT2D eigenvalue weighted by atomic mass is 16.5. The topological polar surface area (TPSA) is 53.4 Å². The summed E-state index contributed by atoms with van der Waals surface area (Å²) in [6, 6.07) is 14.1. The molecule has 5 heteroatoms. The molecule has 152 valence electrons. The molecule has 5 nitrogen and oxygen atoms in total. The van der Waals surface area contributed by atoms with Gasteiger partial charge in [-0.1, -0.05) is 61.9 Å². The van der Waals surface area contributed by atoms with Crippen LogP contribution in [0.1, 0.15) is 36.1 Å². The van der Waals surface area contributed by atoms with Gasteiger partial charge in [-0.15, -0.1) is 5.10 Å². The van der Waals surface area contributed by atoms with Crippen LogP contribution in [0.25, 0.3) is 11.1 Å². The summed E-state index contributed by atoms with van der Waals surface area (Å²) in [5.74, 6) is 0.704. The summed E-state index contributed by atoms with van der Waals surface area (Å²) in [7, 11) is 3.18. The summed E-state index contributed by atoms with van der Waals surface area (Å²) in [6.07, 6.45) is 1.63. The molecule has 0 aliphatic rings. The molecule has 0 aliphatic carbocycles. The predicted molar refractivity (Wildman–Crippen MR) is 116 cm³/mol. The Bertz CT molecular complexity index is 1030. The molecule has 29 heavy (non-hydrogen) atoms. The Kier molecular flexibility index (Phi) is 6.37. The van der Waals surface area contributed by atoms with Crippen LogP contribution in [0.5, 0.6) is 11.6 Å². The summed E-state index contributed by atoms with van der Waals surface area (Å²) >= 11 is 0. The van der Waals surface area contributed by atoms with E-state index in [4.69, 9.17) is 9.47 Å². The van der Waals surface area contributed by atoms with Gasteiger partial charge in [-0.2, -0.15) is 0 Å². The highest BCUT2D eigenvalue weighted by Crippen LogP contribution is 2.38. The zero-order valence-electron chi connectivity index (χ0n) is 17.8. The smallest absolute Gasteiger partial charge is 0.278 e. The Hall–Kier alpha value is -3.08. The number of aryl methyl sites for hydroxylation is 4. The molecule has 3 rings (SSSR count). The maximum Gasteiger partial charge on any atom is 0.278 e. The Morgan fingerprint density at radius 2 is 1.62 bits per heavy atom. The molecule has 2 aromatic carbocycles. The van der Waals surface area contributed by atoms with Crippen LogP contribution < -0.4 is 15.0 Å². The van der Waals surface area contributed by atoms with Gasteiger partial charge in [0.05, 0.1) is 12.7 Å². The van der Waals surface area contributed by atoms with Gasteiger partial charge in [0, 0.05) is 7.05 Å².